The van der Waals surface area contributed by atoms with Gasteiger partial charge in [0.25, 0.3) is 0 Å². The zero-order valence-electron chi connectivity index (χ0n) is 27.8. The third-order valence-corrected chi connectivity index (χ3v) is 9.93. The van der Waals surface area contributed by atoms with Crippen molar-refractivity contribution in [1.82, 2.24) is 19.8 Å². The van der Waals surface area contributed by atoms with Crippen LogP contribution in [0.25, 0.3) is 0 Å². The highest BCUT2D eigenvalue weighted by Gasteiger charge is 2.40. The molecule has 0 radical (unpaired) electrons. The number of anilines is 4. The van der Waals surface area contributed by atoms with Crippen molar-refractivity contribution in [2.75, 3.05) is 61.9 Å². The highest BCUT2D eigenvalue weighted by atomic mass is 19.4. The molecule has 0 spiro atoms. The van der Waals surface area contributed by atoms with Gasteiger partial charge in [0.2, 0.25) is 17.8 Å². The summed E-state index contributed by atoms with van der Waals surface area (Å²) < 4.78 is 47.8. The smallest absolute Gasteiger partial charge is 0.419 e. The van der Waals surface area contributed by atoms with Crippen molar-refractivity contribution >= 4 is 34.8 Å². The van der Waals surface area contributed by atoms with E-state index in [9.17, 15) is 22.8 Å². The molecular formula is C35H42F3N7O3. The molecule has 48 heavy (non-hydrogen) atoms. The summed E-state index contributed by atoms with van der Waals surface area (Å²) in [5.41, 5.74) is 2.01. The highest BCUT2D eigenvalue weighted by Crippen LogP contribution is 2.41. The predicted molar refractivity (Wildman–Crippen MR) is 178 cm³/mol. The van der Waals surface area contributed by atoms with Gasteiger partial charge >= 0.3 is 6.18 Å². The van der Waals surface area contributed by atoms with Crippen molar-refractivity contribution in [3.8, 4) is 5.75 Å². The van der Waals surface area contributed by atoms with E-state index in [2.05, 4.69) is 30.4 Å². The summed E-state index contributed by atoms with van der Waals surface area (Å²) in [4.78, 5) is 39.3. The number of halogens is 3. The van der Waals surface area contributed by atoms with Crippen molar-refractivity contribution in [3.05, 3.63) is 65.0 Å². The van der Waals surface area contributed by atoms with E-state index in [1.54, 1.807) is 26.2 Å². The number of nitrogens with one attached hydrogen (secondary N) is 2. The first-order valence-corrected chi connectivity index (χ1v) is 16.4. The summed E-state index contributed by atoms with van der Waals surface area (Å²) in [6, 6.07) is 11.6. The lowest BCUT2D eigenvalue weighted by Crippen LogP contribution is -2.53. The van der Waals surface area contributed by atoms with Gasteiger partial charge in [0.15, 0.2) is 0 Å². The summed E-state index contributed by atoms with van der Waals surface area (Å²) in [6.45, 7) is 10.4. The Labute approximate surface area is 278 Å². The number of alkyl halides is 3. The Morgan fingerprint density at radius 3 is 2.46 bits per heavy atom. The molecule has 2 aromatic carbocycles. The average molecular weight is 666 g/mol. The van der Waals surface area contributed by atoms with Crippen LogP contribution in [0, 0.1) is 0 Å². The first kappa shape index (κ1) is 33.5. The van der Waals surface area contributed by atoms with Crippen LogP contribution in [0.2, 0.25) is 0 Å². The molecule has 13 heteroatoms. The van der Waals surface area contributed by atoms with Gasteiger partial charge in [0.05, 0.1) is 29.5 Å². The lowest BCUT2D eigenvalue weighted by atomic mass is 9.82. The second-order valence-electron chi connectivity index (χ2n) is 13.2. The van der Waals surface area contributed by atoms with E-state index < -0.39 is 17.2 Å². The average Bonchev–Trinajstić information content (AvgIpc) is 3.31. The molecule has 0 bridgehead atoms. The molecule has 0 aliphatic carbocycles. The van der Waals surface area contributed by atoms with Gasteiger partial charge in [-0.2, -0.15) is 13.2 Å². The summed E-state index contributed by atoms with van der Waals surface area (Å²) in [7, 11) is 1.55. The summed E-state index contributed by atoms with van der Waals surface area (Å²) in [5, 5.41) is 5.94. The van der Waals surface area contributed by atoms with Crippen LogP contribution in [0.4, 0.5) is 36.2 Å². The minimum Gasteiger partial charge on any atom is -0.494 e. The molecule has 3 aromatic rings. The van der Waals surface area contributed by atoms with E-state index >= 15 is 0 Å². The number of benzene rings is 2. The minimum absolute atomic E-state index is 0.00462. The topological polar surface area (TPSA) is 103 Å². The number of amides is 2. The number of ether oxygens (including phenoxy) is 1. The molecule has 0 atom stereocenters. The number of aromatic nitrogens is 2. The third kappa shape index (κ3) is 6.78. The number of rotatable bonds is 8. The largest absolute Gasteiger partial charge is 0.494 e. The number of methoxy groups -OCH3 is 1. The van der Waals surface area contributed by atoms with Gasteiger partial charge < -0.3 is 25.2 Å². The van der Waals surface area contributed by atoms with Gasteiger partial charge in [-0.3, -0.25) is 14.5 Å². The maximum absolute atomic E-state index is 14.0. The van der Waals surface area contributed by atoms with E-state index in [-0.39, 0.29) is 36.3 Å². The van der Waals surface area contributed by atoms with Crippen LogP contribution in [0.5, 0.6) is 5.75 Å². The summed E-state index contributed by atoms with van der Waals surface area (Å²) >= 11 is 0. The first-order chi connectivity index (χ1) is 22.8. The number of carbonyl (C=O) groups is 2. The van der Waals surface area contributed by atoms with E-state index in [0.717, 1.165) is 75.1 Å². The fourth-order valence-electron chi connectivity index (χ4n) is 7.19. The quantitative estimate of drug-likeness (QED) is 0.330. The number of carbonyl (C=O) groups excluding carboxylic acids is 2. The number of piperazine rings is 1. The normalized spacial score (nSPS) is 18.4. The molecular weight excluding hydrogens is 623 g/mol. The predicted octanol–water partition coefficient (Wildman–Crippen LogP) is 5.40. The van der Waals surface area contributed by atoms with E-state index in [0.29, 0.717) is 23.2 Å². The van der Waals surface area contributed by atoms with Gasteiger partial charge in [-0.25, -0.2) is 9.97 Å². The van der Waals surface area contributed by atoms with E-state index in [1.165, 1.54) is 0 Å². The van der Waals surface area contributed by atoms with Crippen LogP contribution < -0.4 is 20.3 Å². The molecule has 6 rings (SSSR count). The maximum Gasteiger partial charge on any atom is 0.419 e. The number of nitrogens with zero attached hydrogens (tertiary/aromatic N) is 5. The van der Waals surface area contributed by atoms with E-state index in [4.69, 9.17) is 4.74 Å². The second kappa shape index (κ2) is 13.3. The molecule has 10 nitrogen and oxygen atoms in total. The number of fused-ring (bicyclic) bond motifs is 1. The minimum atomic E-state index is -4.63. The Kier molecular flexibility index (Phi) is 9.25. The van der Waals surface area contributed by atoms with Crippen molar-refractivity contribution in [2.24, 2.45) is 0 Å². The van der Waals surface area contributed by atoms with Crippen LogP contribution in [0.3, 0.4) is 0 Å². The summed E-state index contributed by atoms with van der Waals surface area (Å²) in [6.07, 6.45) is -1.55. The lowest BCUT2D eigenvalue weighted by molar-refractivity contribution is -0.138. The van der Waals surface area contributed by atoms with Crippen molar-refractivity contribution in [2.45, 2.75) is 64.1 Å². The molecule has 2 amide bonds. The van der Waals surface area contributed by atoms with Crippen LogP contribution in [-0.4, -0.2) is 84.0 Å². The molecule has 3 aliphatic rings. The Morgan fingerprint density at radius 2 is 1.79 bits per heavy atom. The zero-order valence-corrected chi connectivity index (χ0v) is 27.8. The SMILES string of the molecule is COc1cc(N2CCN(C3CCN(C(C)=O)CC3)CC2)ccc1Nc1ncc(C(F)(F)F)c(CCc2cccc3c2C(C)(C)C(=O)N3)n1. The van der Waals surface area contributed by atoms with Gasteiger partial charge in [-0.05, 0) is 68.9 Å². The Balaban J connectivity index is 1.14. The van der Waals surface area contributed by atoms with Crippen LogP contribution in [-0.2, 0) is 34.0 Å². The van der Waals surface area contributed by atoms with Gasteiger partial charge in [-0.15, -0.1) is 0 Å². The fraction of sp³-hybridized carbons (Fsp3) is 0.486. The van der Waals surface area contributed by atoms with Gasteiger partial charge in [0, 0.05) is 75.9 Å². The summed E-state index contributed by atoms with van der Waals surface area (Å²) in [5.74, 6) is 0.558. The van der Waals surface area contributed by atoms with Crippen molar-refractivity contribution < 1.29 is 27.5 Å². The highest BCUT2D eigenvalue weighted by molar-refractivity contribution is 6.06. The van der Waals surface area contributed by atoms with Crippen LogP contribution in [0.15, 0.2) is 42.6 Å². The molecule has 2 N–H and O–H groups in total. The third-order valence-electron chi connectivity index (χ3n) is 9.93. The standard InChI is InChI=1S/C35H42F3N7O3/c1-22(46)43-14-12-24(13-15-43)44-16-18-45(19-17-44)25-9-11-28(30(20-25)48-4)42-33-39-21-26(35(36,37)38)27(41-33)10-8-23-6-5-7-29-31(23)34(2,3)32(47)40-29/h5-7,9,11,20-21,24H,8,10,12-19H2,1-4H3,(H,40,47)(H,39,41,42). The molecule has 2 fully saturated rings. The monoisotopic (exact) mass is 665 g/mol. The number of aryl methyl sites for hydroxylation is 2. The molecule has 3 aliphatic heterocycles. The van der Waals surface area contributed by atoms with Gasteiger partial charge in [-0.1, -0.05) is 12.1 Å². The molecule has 0 unspecified atom stereocenters. The number of hydrogen-bond donors (Lipinski definition) is 2. The Hall–Kier alpha value is -4.39. The molecule has 0 saturated carbocycles. The zero-order chi connectivity index (χ0) is 34.2. The Bertz CT molecular complexity index is 1680. The molecule has 1 aromatic heterocycles. The number of piperidine rings is 1. The van der Waals surface area contributed by atoms with Crippen LogP contribution >= 0.6 is 0 Å². The first-order valence-electron chi connectivity index (χ1n) is 16.4. The second-order valence-corrected chi connectivity index (χ2v) is 13.2. The van der Waals surface area contributed by atoms with Gasteiger partial charge in [0.1, 0.15) is 5.75 Å². The molecule has 4 heterocycles. The number of likely N-dealkylation sites (tertiary alicyclic amines) is 1. The van der Waals surface area contributed by atoms with E-state index in [1.807, 2.05) is 43.0 Å². The lowest BCUT2D eigenvalue weighted by Gasteiger charge is -2.43. The van der Waals surface area contributed by atoms with Crippen molar-refractivity contribution in [1.29, 1.82) is 0 Å². The fourth-order valence-corrected chi connectivity index (χ4v) is 7.19. The maximum atomic E-state index is 14.0. The molecule has 2 saturated heterocycles. The Morgan fingerprint density at radius 1 is 1.06 bits per heavy atom. The van der Waals surface area contributed by atoms with Crippen molar-refractivity contribution in [3.63, 3.8) is 0 Å². The molecule has 256 valence electrons. The van der Waals surface area contributed by atoms with Crippen LogP contribution in [0.1, 0.15) is 56.0 Å². The number of hydrogen-bond acceptors (Lipinski definition) is 8.